The van der Waals surface area contributed by atoms with E-state index in [1.54, 1.807) is 12.3 Å². The minimum atomic E-state index is -0.0564. The lowest BCUT2D eigenvalue weighted by Crippen LogP contribution is -2.37. The van der Waals surface area contributed by atoms with Gasteiger partial charge in [-0.1, -0.05) is 18.2 Å². The molecule has 2 aromatic rings. The highest BCUT2D eigenvalue weighted by atomic mass is 16.2. The number of amides is 2. The Morgan fingerprint density at radius 2 is 1.87 bits per heavy atom. The molecule has 2 amide bonds. The number of rotatable bonds is 6. The SMILES string of the molecule is C=CCC(=O)N1CCC(c2ccc(NC(=O)C3CCN(c4cccnn4)C3)cc2)CC1. The number of piperidine rings is 1. The highest BCUT2D eigenvalue weighted by molar-refractivity contribution is 5.93. The summed E-state index contributed by atoms with van der Waals surface area (Å²) in [6.07, 6.45) is 6.48. The van der Waals surface area contributed by atoms with Crippen molar-refractivity contribution in [3.05, 3.63) is 60.8 Å². The van der Waals surface area contributed by atoms with Gasteiger partial charge in [0.15, 0.2) is 5.82 Å². The zero-order valence-electron chi connectivity index (χ0n) is 17.7. The maximum absolute atomic E-state index is 12.7. The summed E-state index contributed by atoms with van der Waals surface area (Å²) in [5.74, 6) is 1.43. The molecule has 2 aliphatic rings. The molecule has 1 aromatic carbocycles. The second-order valence-electron chi connectivity index (χ2n) is 8.27. The second-order valence-corrected chi connectivity index (χ2v) is 8.27. The van der Waals surface area contributed by atoms with Crippen molar-refractivity contribution >= 4 is 23.3 Å². The Balaban J connectivity index is 1.28. The summed E-state index contributed by atoms with van der Waals surface area (Å²) in [6, 6.07) is 12.0. The molecule has 7 heteroatoms. The Bertz CT molecular complexity index is 907. The van der Waals surface area contributed by atoms with Crippen molar-refractivity contribution in [2.45, 2.75) is 31.6 Å². The summed E-state index contributed by atoms with van der Waals surface area (Å²) in [5, 5.41) is 11.1. The lowest BCUT2D eigenvalue weighted by atomic mass is 9.89. The van der Waals surface area contributed by atoms with E-state index in [4.69, 9.17) is 0 Å². The van der Waals surface area contributed by atoms with E-state index in [1.807, 2.05) is 29.2 Å². The van der Waals surface area contributed by atoms with Crippen LogP contribution in [0.3, 0.4) is 0 Å². The van der Waals surface area contributed by atoms with Crippen LogP contribution < -0.4 is 10.2 Å². The lowest BCUT2D eigenvalue weighted by Gasteiger charge is -2.32. The van der Waals surface area contributed by atoms with E-state index in [-0.39, 0.29) is 17.7 Å². The van der Waals surface area contributed by atoms with Crippen LogP contribution in [0.15, 0.2) is 55.3 Å². The Kier molecular flexibility index (Phi) is 6.60. The van der Waals surface area contributed by atoms with Gasteiger partial charge in [-0.05, 0) is 55.0 Å². The third-order valence-corrected chi connectivity index (χ3v) is 6.26. The number of benzene rings is 1. The molecule has 0 saturated carbocycles. The molecule has 0 bridgehead atoms. The smallest absolute Gasteiger partial charge is 0.229 e. The molecule has 31 heavy (non-hydrogen) atoms. The second kappa shape index (κ2) is 9.73. The van der Waals surface area contributed by atoms with Crippen molar-refractivity contribution in [3.8, 4) is 0 Å². The molecule has 2 saturated heterocycles. The molecule has 4 rings (SSSR count). The Labute approximate surface area is 183 Å². The third kappa shape index (κ3) is 5.10. The van der Waals surface area contributed by atoms with Crippen LogP contribution in [0.5, 0.6) is 0 Å². The number of hydrogen-bond donors (Lipinski definition) is 1. The van der Waals surface area contributed by atoms with Crippen LogP contribution in [0.4, 0.5) is 11.5 Å². The van der Waals surface area contributed by atoms with Crippen LogP contribution in [0.2, 0.25) is 0 Å². The zero-order valence-corrected chi connectivity index (χ0v) is 17.7. The van der Waals surface area contributed by atoms with Gasteiger partial charge in [0, 0.05) is 44.5 Å². The summed E-state index contributed by atoms with van der Waals surface area (Å²) in [4.78, 5) is 28.7. The minimum Gasteiger partial charge on any atom is -0.354 e. The Morgan fingerprint density at radius 3 is 2.55 bits per heavy atom. The summed E-state index contributed by atoms with van der Waals surface area (Å²) >= 11 is 0. The van der Waals surface area contributed by atoms with Gasteiger partial charge in [0.25, 0.3) is 0 Å². The summed E-state index contributed by atoms with van der Waals surface area (Å²) in [7, 11) is 0. The van der Waals surface area contributed by atoms with E-state index in [1.165, 1.54) is 5.56 Å². The maximum atomic E-state index is 12.7. The number of carbonyl (C=O) groups excluding carboxylic acids is 2. The summed E-state index contributed by atoms with van der Waals surface area (Å²) in [5.41, 5.74) is 2.09. The molecule has 3 heterocycles. The quantitative estimate of drug-likeness (QED) is 0.728. The molecule has 0 spiro atoms. The molecule has 0 radical (unpaired) electrons. The molecular weight excluding hydrogens is 390 g/mol. The first-order valence-electron chi connectivity index (χ1n) is 11.0. The molecule has 1 atom stereocenters. The van der Waals surface area contributed by atoms with Crippen LogP contribution in [-0.4, -0.2) is 53.1 Å². The average Bonchev–Trinajstić information content (AvgIpc) is 3.31. The molecule has 162 valence electrons. The van der Waals surface area contributed by atoms with E-state index in [0.29, 0.717) is 18.9 Å². The van der Waals surface area contributed by atoms with Gasteiger partial charge in [-0.25, -0.2) is 0 Å². The molecule has 1 aromatic heterocycles. The number of hydrogen-bond acceptors (Lipinski definition) is 5. The predicted molar refractivity (Wildman–Crippen MR) is 121 cm³/mol. The van der Waals surface area contributed by atoms with Crippen molar-refractivity contribution in [2.24, 2.45) is 5.92 Å². The van der Waals surface area contributed by atoms with E-state index in [0.717, 1.165) is 50.4 Å². The van der Waals surface area contributed by atoms with Gasteiger partial charge in [-0.3, -0.25) is 9.59 Å². The number of nitrogens with zero attached hydrogens (tertiary/aromatic N) is 4. The highest BCUT2D eigenvalue weighted by Gasteiger charge is 2.29. The molecule has 0 aliphatic carbocycles. The summed E-state index contributed by atoms with van der Waals surface area (Å²) in [6.45, 7) is 6.69. The van der Waals surface area contributed by atoms with Gasteiger partial charge in [0.05, 0.1) is 5.92 Å². The largest absolute Gasteiger partial charge is 0.354 e. The molecule has 2 aliphatic heterocycles. The van der Waals surface area contributed by atoms with E-state index in [2.05, 4.69) is 39.1 Å². The number of carbonyl (C=O) groups is 2. The number of aromatic nitrogens is 2. The average molecular weight is 420 g/mol. The predicted octanol–water partition coefficient (Wildman–Crippen LogP) is 3.22. The van der Waals surface area contributed by atoms with Crippen LogP contribution in [-0.2, 0) is 9.59 Å². The topological polar surface area (TPSA) is 78.4 Å². The zero-order chi connectivity index (χ0) is 21.6. The third-order valence-electron chi connectivity index (χ3n) is 6.26. The standard InChI is InChI=1S/C24H29N5O2/c1-2-4-23(30)28-14-10-19(11-15-28)18-6-8-21(9-7-18)26-24(31)20-12-16-29(17-20)22-5-3-13-25-27-22/h2-3,5-9,13,19-20H,1,4,10-12,14-17H2,(H,26,31). The Morgan fingerprint density at radius 1 is 1.10 bits per heavy atom. The van der Waals surface area contributed by atoms with Crippen molar-refractivity contribution in [2.75, 3.05) is 36.4 Å². The lowest BCUT2D eigenvalue weighted by molar-refractivity contribution is -0.131. The minimum absolute atomic E-state index is 0.0492. The van der Waals surface area contributed by atoms with Gasteiger partial charge < -0.3 is 15.1 Å². The van der Waals surface area contributed by atoms with Crippen LogP contribution in [0.25, 0.3) is 0 Å². The summed E-state index contributed by atoms with van der Waals surface area (Å²) < 4.78 is 0. The monoisotopic (exact) mass is 419 g/mol. The fraction of sp³-hybridized carbons (Fsp3) is 0.417. The van der Waals surface area contributed by atoms with Gasteiger partial charge in [0.2, 0.25) is 11.8 Å². The fourth-order valence-electron chi connectivity index (χ4n) is 4.44. The van der Waals surface area contributed by atoms with Crippen LogP contribution >= 0.6 is 0 Å². The van der Waals surface area contributed by atoms with Crippen molar-refractivity contribution in [1.29, 1.82) is 0 Å². The van der Waals surface area contributed by atoms with E-state index in [9.17, 15) is 9.59 Å². The van der Waals surface area contributed by atoms with E-state index >= 15 is 0 Å². The molecule has 1 unspecified atom stereocenters. The van der Waals surface area contributed by atoms with Gasteiger partial charge >= 0.3 is 0 Å². The molecular formula is C24H29N5O2. The van der Waals surface area contributed by atoms with Crippen LogP contribution in [0, 0.1) is 5.92 Å². The van der Waals surface area contributed by atoms with Gasteiger partial charge in [-0.2, -0.15) is 5.10 Å². The maximum Gasteiger partial charge on any atom is 0.229 e. The number of likely N-dealkylation sites (tertiary alicyclic amines) is 1. The molecule has 1 N–H and O–H groups in total. The fourth-order valence-corrected chi connectivity index (χ4v) is 4.44. The first-order valence-corrected chi connectivity index (χ1v) is 11.0. The molecule has 2 fully saturated rings. The molecule has 7 nitrogen and oxygen atoms in total. The van der Waals surface area contributed by atoms with Gasteiger partial charge in [0.1, 0.15) is 0 Å². The Hall–Kier alpha value is -3.22. The van der Waals surface area contributed by atoms with Crippen LogP contribution in [0.1, 0.15) is 37.2 Å². The van der Waals surface area contributed by atoms with Crippen molar-refractivity contribution in [3.63, 3.8) is 0 Å². The van der Waals surface area contributed by atoms with Crippen molar-refractivity contribution < 1.29 is 9.59 Å². The first kappa shape index (κ1) is 21.0. The first-order chi connectivity index (χ1) is 15.1. The number of nitrogens with one attached hydrogen (secondary N) is 1. The number of anilines is 2. The van der Waals surface area contributed by atoms with Crippen molar-refractivity contribution in [1.82, 2.24) is 15.1 Å². The highest BCUT2D eigenvalue weighted by Crippen LogP contribution is 2.29. The van der Waals surface area contributed by atoms with E-state index < -0.39 is 0 Å². The van der Waals surface area contributed by atoms with Gasteiger partial charge in [-0.15, -0.1) is 11.7 Å². The normalized spacial score (nSPS) is 19.3.